The summed E-state index contributed by atoms with van der Waals surface area (Å²) in [4.78, 5) is 0. The van der Waals surface area contributed by atoms with E-state index in [1.54, 1.807) is 27.5 Å². The van der Waals surface area contributed by atoms with Gasteiger partial charge < -0.3 is 24.4 Å². The molecule has 142 valence electrons. The summed E-state index contributed by atoms with van der Waals surface area (Å²) in [5.74, 6) is 5.06. The first-order valence-electron chi connectivity index (χ1n) is 8.03. The van der Waals surface area contributed by atoms with Gasteiger partial charge >= 0.3 is 0 Å². The van der Waals surface area contributed by atoms with Crippen LogP contribution in [0.2, 0.25) is 0 Å². The minimum Gasteiger partial charge on any atom is -0.493 e. The first-order chi connectivity index (χ1) is 13.1. The van der Waals surface area contributed by atoms with Crippen molar-refractivity contribution >= 4 is 28.8 Å². The van der Waals surface area contributed by atoms with E-state index in [4.69, 9.17) is 25.4 Å². The Hall–Kier alpha value is -2.60. The van der Waals surface area contributed by atoms with Crippen LogP contribution >= 0.6 is 22.6 Å². The quantitative estimate of drug-likeness (QED) is 0.258. The molecule has 6 nitrogen and oxygen atoms in total. The normalized spacial score (nSPS) is 10.3. The third kappa shape index (κ3) is 5.69. The molecule has 0 bridgehead atoms. The predicted octanol–water partition coefficient (Wildman–Crippen LogP) is 3.45. The van der Waals surface area contributed by atoms with Crippen molar-refractivity contribution in [3.63, 3.8) is 0 Å². The molecule has 0 atom stereocenters. The third-order valence-electron chi connectivity index (χ3n) is 3.59. The Bertz CT molecular complexity index is 847. The van der Waals surface area contributed by atoms with Crippen LogP contribution in [0.25, 0.3) is 0 Å². The number of nitrogens with zero attached hydrogens (tertiary/aromatic N) is 1. The zero-order valence-electron chi connectivity index (χ0n) is 15.4. The van der Waals surface area contributed by atoms with Crippen molar-refractivity contribution in [1.82, 2.24) is 5.43 Å². The van der Waals surface area contributed by atoms with E-state index in [1.807, 2.05) is 30.3 Å². The van der Waals surface area contributed by atoms with E-state index in [9.17, 15) is 0 Å². The fourth-order valence-electron chi connectivity index (χ4n) is 2.32. The minimum absolute atomic E-state index is 0.187. The van der Waals surface area contributed by atoms with Crippen LogP contribution in [0.1, 0.15) is 11.1 Å². The van der Waals surface area contributed by atoms with E-state index >= 15 is 0 Å². The van der Waals surface area contributed by atoms with Crippen LogP contribution in [0.4, 0.5) is 0 Å². The second kappa shape index (κ2) is 10.5. The molecule has 2 aromatic carbocycles. The van der Waals surface area contributed by atoms with Crippen LogP contribution in [-0.2, 0) is 6.54 Å². The van der Waals surface area contributed by atoms with Crippen LogP contribution in [0.15, 0.2) is 35.4 Å². The first-order valence-corrected chi connectivity index (χ1v) is 9.11. The molecule has 0 amide bonds. The summed E-state index contributed by atoms with van der Waals surface area (Å²) in [6.45, 7) is 0.737. The molecule has 0 fully saturated rings. The van der Waals surface area contributed by atoms with Crippen LogP contribution in [0.3, 0.4) is 0 Å². The van der Waals surface area contributed by atoms with E-state index in [1.165, 1.54) is 0 Å². The van der Waals surface area contributed by atoms with Crippen LogP contribution in [-0.4, -0.2) is 34.2 Å². The number of nitrogens with one attached hydrogen (secondary N) is 1. The number of hydrogen-bond acceptors (Lipinski definition) is 6. The lowest BCUT2D eigenvalue weighted by atomic mass is 10.2. The Morgan fingerprint density at radius 2 is 1.81 bits per heavy atom. The number of rotatable bonds is 9. The summed E-state index contributed by atoms with van der Waals surface area (Å²) in [5, 5.41) is 4.26. The van der Waals surface area contributed by atoms with Crippen molar-refractivity contribution in [2.24, 2.45) is 5.10 Å². The number of methoxy groups -OCH3 is 3. The van der Waals surface area contributed by atoms with Crippen LogP contribution in [0.5, 0.6) is 23.0 Å². The van der Waals surface area contributed by atoms with Gasteiger partial charge in [0, 0.05) is 0 Å². The van der Waals surface area contributed by atoms with Crippen LogP contribution < -0.4 is 24.4 Å². The summed E-state index contributed by atoms with van der Waals surface area (Å²) >= 11 is 2.18. The first kappa shape index (κ1) is 20.7. The fourth-order valence-corrected chi connectivity index (χ4v) is 3.10. The largest absolute Gasteiger partial charge is 0.493 e. The van der Waals surface area contributed by atoms with Gasteiger partial charge in [-0.2, -0.15) is 5.10 Å². The molecule has 0 aliphatic carbocycles. The van der Waals surface area contributed by atoms with Crippen molar-refractivity contribution in [2.45, 2.75) is 6.54 Å². The van der Waals surface area contributed by atoms with Gasteiger partial charge in [0.1, 0.15) is 6.61 Å². The minimum atomic E-state index is 0.187. The molecule has 0 saturated heterocycles. The summed E-state index contributed by atoms with van der Waals surface area (Å²) in [6, 6.07) is 9.51. The van der Waals surface area contributed by atoms with Gasteiger partial charge in [0.15, 0.2) is 23.0 Å². The standard InChI is InChI=1S/C20H21IN2O4/c1-5-8-27-20-16(21)9-15(11-19(20)26-4)13-23-22-12-14-6-7-17(24-2)18(10-14)25-3/h1,6-7,9-11,13,22H,8,12H2,2-4H3/b23-13-. The zero-order chi connectivity index (χ0) is 19.6. The molecular formula is C20H21IN2O4. The SMILES string of the molecule is C#CCOc1c(I)cc(/C=N\NCc2ccc(OC)c(OC)c2)cc1OC. The van der Waals surface area contributed by atoms with Gasteiger partial charge in [0.25, 0.3) is 0 Å². The average molecular weight is 480 g/mol. The summed E-state index contributed by atoms with van der Waals surface area (Å²) in [7, 11) is 4.81. The Morgan fingerprint density at radius 3 is 2.48 bits per heavy atom. The lowest BCUT2D eigenvalue weighted by Gasteiger charge is -2.11. The average Bonchev–Trinajstić information content (AvgIpc) is 2.69. The molecule has 2 aromatic rings. The molecule has 0 aliphatic rings. The molecule has 1 N–H and O–H groups in total. The lowest BCUT2D eigenvalue weighted by molar-refractivity contribution is 0.328. The predicted molar refractivity (Wildman–Crippen MR) is 114 cm³/mol. The highest BCUT2D eigenvalue weighted by Crippen LogP contribution is 2.33. The van der Waals surface area contributed by atoms with Crippen molar-refractivity contribution in [3.8, 4) is 35.3 Å². The molecule has 27 heavy (non-hydrogen) atoms. The molecule has 0 radical (unpaired) electrons. The summed E-state index contributed by atoms with van der Waals surface area (Å²) < 4.78 is 22.3. The lowest BCUT2D eigenvalue weighted by Crippen LogP contribution is -2.06. The fraction of sp³-hybridized carbons (Fsp3) is 0.250. The number of halogens is 1. The van der Waals surface area contributed by atoms with Gasteiger partial charge in [-0.1, -0.05) is 12.0 Å². The Kier molecular flexibility index (Phi) is 8.07. The summed E-state index contributed by atoms with van der Waals surface area (Å²) in [5.41, 5.74) is 4.92. The molecule has 2 rings (SSSR count). The number of hydrazone groups is 1. The second-order valence-electron chi connectivity index (χ2n) is 5.31. The molecule has 7 heteroatoms. The number of terminal acetylenes is 1. The molecule has 0 spiro atoms. The Labute approximate surface area is 173 Å². The molecular weight excluding hydrogens is 459 g/mol. The summed E-state index contributed by atoms with van der Waals surface area (Å²) in [6.07, 6.45) is 6.97. The number of hydrogen-bond donors (Lipinski definition) is 1. The van der Waals surface area contributed by atoms with E-state index in [0.717, 1.165) is 14.7 Å². The van der Waals surface area contributed by atoms with Gasteiger partial charge in [-0.25, -0.2) is 0 Å². The topological polar surface area (TPSA) is 61.3 Å². The highest BCUT2D eigenvalue weighted by Gasteiger charge is 2.10. The number of benzene rings is 2. The Morgan fingerprint density at radius 1 is 1.07 bits per heavy atom. The van der Waals surface area contributed by atoms with Gasteiger partial charge in [-0.15, -0.1) is 6.42 Å². The van der Waals surface area contributed by atoms with Crippen molar-refractivity contribution in [2.75, 3.05) is 27.9 Å². The smallest absolute Gasteiger partial charge is 0.175 e. The van der Waals surface area contributed by atoms with E-state index in [2.05, 4.69) is 39.0 Å². The highest BCUT2D eigenvalue weighted by molar-refractivity contribution is 14.1. The van der Waals surface area contributed by atoms with E-state index < -0.39 is 0 Å². The Balaban J connectivity index is 2.04. The van der Waals surface area contributed by atoms with Crippen LogP contribution in [0, 0.1) is 15.9 Å². The second-order valence-corrected chi connectivity index (χ2v) is 6.47. The van der Waals surface area contributed by atoms with E-state index in [-0.39, 0.29) is 6.61 Å². The molecule has 0 unspecified atom stereocenters. The van der Waals surface area contributed by atoms with Crippen molar-refractivity contribution in [3.05, 3.63) is 45.0 Å². The van der Waals surface area contributed by atoms with Gasteiger partial charge in [-0.3, -0.25) is 0 Å². The molecule has 0 saturated carbocycles. The maximum atomic E-state index is 5.54. The maximum absolute atomic E-state index is 5.54. The maximum Gasteiger partial charge on any atom is 0.175 e. The van der Waals surface area contributed by atoms with Crippen molar-refractivity contribution in [1.29, 1.82) is 0 Å². The third-order valence-corrected chi connectivity index (χ3v) is 4.39. The zero-order valence-corrected chi connectivity index (χ0v) is 17.6. The van der Waals surface area contributed by atoms with Gasteiger partial charge in [-0.05, 0) is 58.0 Å². The van der Waals surface area contributed by atoms with Crippen molar-refractivity contribution < 1.29 is 18.9 Å². The van der Waals surface area contributed by atoms with E-state index in [0.29, 0.717) is 29.5 Å². The van der Waals surface area contributed by atoms with Gasteiger partial charge in [0.2, 0.25) is 0 Å². The monoisotopic (exact) mass is 480 g/mol. The number of ether oxygens (including phenoxy) is 4. The van der Waals surface area contributed by atoms with Gasteiger partial charge in [0.05, 0.1) is 37.7 Å². The highest BCUT2D eigenvalue weighted by atomic mass is 127. The molecule has 0 aromatic heterocycles. The molecule has 0 heterocycles. The molecule has 0 aliphatic heterocycles.